The van der Waals surface area contributed by atoms with Gasteiger partial charge >= 0.3 is 0 Å². The van der Waals surface area contributed by atoms with Gasteiger partial charge in [-0.3, -0.25) is 14.5 Å². The van der Waals surface area contributed by atoms with E-state index in [2.05, 4.69) is 4.90 Å². The maximum atomic E-state index is 13.9. The van der Waals surface area contributed by atoms with Gasteiger partial charge in [-0.05, 0) is 12.1 Å². The van der Waals surface area contributed by atoms with Crippen molar-refractivity contribution >= 4 is 16.6 Å². The van der Waals surface area contributed by atoms with Crippen LogP contribution in [0.1, 0.15) is 15.9 Å². The van der Waals surface area contributed by atoms with Crippen LogP contribution in [0.5, 0.6) is 11.5 Å². The summed E-state index contributed by atoms with van der Waals surface area (Å²) in [6.45, 7) is 3.17. The number of morpholine rings is 1. The molecule has 5 rings (SSSR count). The molecule has 1 fully saturated rings. The minimum atomic E-state index is -0.804. The van der Waals surface area contributed by atoms with Gasteiger partial charge in [-0.1, -0.05) is 24.3 Å². The molecule has 0 amide bonds. The van der Waals surface area contributed by atoms with Gasteiger partial charge in [0, 0.05) is 36.1 Å². The Balaban J connectivity index is 1.71. The standard InChI is InChI=1S/C25H26N2O6/c1-31-19-8-7-18-20-22(16-5-3-4-6-17(16)23(20)29)27(25(30)21(18)24(19)32-2)14-15(28)13-26-9-11-33-12-10-26/h3-8,15,28H,9-14H2,1-2H3/t15-/m1/s1. The molecule has 33 heavy (non-hydrogen) atoms. The van der Waals surface area contributed by atoms with Crippen LogP contribution in [0.3, 0.4) is 0 Å². The number of aromatic nitrogens is 1. The van der Waals surface area contributed by atoms with E-state index in [1.807, 2.05) is 18.2 Å². The zero-order chi connectivity index (χ0) is 23.1. The van der Waals surface area contributed by atoms with Gasteiger partial charge in [-0.2, -0.15) is 0 Å². The molecule has 8 nitrogen and oxygen atoms in total. The van der Waals surface area contributed by atoms with Crippen molar-refractivity contribution in [3.8, 4) is 22.8 Å². The summed E-state index contributed by atoms with van der Waals surface area (Å²) < 4.78 is 17.9. The fraction of sp³-hybridized carbons (Fsp3) is 0.360. The molecular formula is C25H26N2O6. The Bertz CT molecular complexity index is 1290. The number of hydrogen-bond donors (Lipinski definition) is 1. The molecule has 3 aromatic rings. The summed E-state index contributed by atoms with van der Waals surface area (Å²) in [5, 5.41) is 11.7. The first kappa shape index (κ1) is 21.6. The van der Waals surface area contributed by atoms with Crippen molar-refractivity contribution in [2.24, 2.45) is 0 Å². The SMILES string of the molecule is COc1ccc2c3c(n(C[C@H](O)CN4CCOCC4)c(=O)c2c1OC)-c1ccccc1C3=O. The molecule has 0 radical (unpaired) electrons. The first-order chi connectivity index (χ1) is 16.0. The zero-order valence-electron chi connectivity index (χ0n) is 18.7. The molecule has 2 aliphatic rings. The number of carbonyl (C=O) groups is 1. The second-order valence-corrected chi connectivity index (χ2v) is 8.30. The van der Waals surface area contributed by atoms with Crippen molar-refractivity contribution < 1.29 is 24.1 Å². The minimum absolute atomic E-state index is 0.0520. The molecule has 1 aromatic heterocycles. The summed E-state index contributed by atoms with van der Waals surface area (Å²) in [7, 11) is 2.97. The molecule has 1 aliphatic carbocycles. The largest absolute Gasteiger partial charge is 0.493 e. The molecule has 0 saturated carbocycles. The van der Waals surface area contributed by atoms with Crippen LogP contribution in [-0.4, -0.2) is 73.5 Å². The number of β-amino-alcohol motifs (C(OH)–C–C–N with tert-alkyl or cyclic N) is 1. The number of ether oxygens (including phenoxy) is 3. The third-order valence-corrected chi connectivity index (χ3v) is 6.40. The molecule has 2 heterocycles. The second-order valence-electron chi connectivity index (χ2n) is 8.30. The Kier molecular flexibility index (Phi) is 5.65. The fourth-order valence-electron chi connectivity index (χ4n) is 4.90. The van der Waals surface area contributed by atoms with E-state index in [0.29, 0.717) is 53.3 Å². The number of aliphatic hydroxyl groups is 1. The van der Waals surface area contributed by atoms with Crippen molar-refractivity contribution in [2.45, 2.75) is 12.6 Å². The lowest BCUT2D eigenvalue weighted by Crippen LogP contribution is -2.43. The van der Waals surface area contributed by atoms with E-state index in [0.717, 1.165) is 13.1 Å². The molecule has 0 bridgehead atoms. The van der Waals surface area contributed by atoms with Gasteiger partial charge in [0.05, 0.1) is 56.7 Å². The van der Waals surface area contributed by atoms with Crippen molar-refractivity contribution in [3.63, 3.8) is 0 Å². The monoisotopic (exact) mass is 450 g/mol. The Hall–Kier alpha value is -3.20. The van der Waals surface area contributed by atoms with Crippen LogP contribution < -0.4 is 15.0 Å². The Labute approximate surface area is 190 Å². The number of aliphatic hydroxyl groups excluding tert-OH is 1. The molecule has 0 unspecified atom stereocenters. The number of carbonyl (C=O) groups excluding carboxylic acids is 1. The quantitative estimate of drug-likeness (QED) is 0.480. The number of nitrogens with zero attached hydrogens (tertiary/aromatic N) is 2. The first-order valence-electron chi connectivity index (χ1n) is 11.0. The van der Waals surface area contributed by atoms with Crippen molar-refractivity contribution in [1.29, 1.82) is 0 Å². The minimum Gasteiger partial charge on any atom is -0.493 e. The first-order valence-corrected chi connectivity index (χ1v) is 11.0. The lowest BCUT2D eigenvalue weighted by atomic mass is 10.0. The highest BCUT2D eigenvalue weighted by Gasteiger charge is 2.34. The number of pyridine rings is 1. The van der Waals surface area contributed by atoms with Crippen LogP contribution in [0.4, 0.5) is 0 Å². The molecule has 172 valence electrons. The van der Waals surface area contributed by atoms with E-state index < -0.39 is 6.10 Å². The predicted molar refractivity (Wildman–Crippen MR) is 123 cm³/mol. The molecule has 2 aromatic carbocycles. The summed E-state index contributed by atoms with van der Waals surface area (Å²) in [6.07, 6.45) is -0.804. The van der Waals surface area contributed by atoms with Crippen LogP contribution in [0.2, 0.25) is 0 Å². The zero-order valence-corrected chi connectivity index (χ0v) is 18.7. The Morgan fingerprint density at radius 1 is 1.00 bits per heavy atom. The van der Waals surface area contributed by atoms with Crippen molar-refractivity contribution in [1.82, 2.24) is 9.47 Å². The second kappa shape index (κ2) is 8.62. The molecule has 1 atom stereocenters. The topological polar surface area (TPSA) is 90.2 Å². The molecule has 8 heteroatoms. The van der Waals surface area contributed by atoms with Crippen LogP contribution in [0.15, 0.2) is 41.2 Å². The number of rotatable bonds is 6. The van der Waals surface area contributed by atoms with Crippen LogP contribution in [-0.2, 0) is 11.3 Å². The van der Waals surface area contributed by atoms with Gasteiger partial charge in [-0.25, -0.2) is 0 Å². The summed E-state index contributed by atoms with van der Waals surface area (Å²) in [4.78, 5) is 29.4. The maximum absolute atomic E-state index is 13.9. The van der Waals surface area contributed by atoms with E-state index in [1.54, 1.807) is 18.2 Å². The highest BCUT2D eigenvalue weighted by atomic mass is 16.5. The van der Waals surface area contributed by atoms with Crippen LogP contribution in [0, 0.1) is 0 Å². The van der Waals surface area contributed by atoms with E-state index in [4.69, 9.17) is 14.2 Å². The Morgan fingerprint density at radius 3 is 2.42 bits per heavy atom. The third kappa shape index (κ3) is 3.51. The molecule has 0 spiro atoms. The van der Waals surface area contributed by atoms with Gasteiger partial charge in [-0.15, -0.1) is 0 Å². The van der Waals surface area contributed by atoms with E-state index in [1.165, 1.54) is 18.8 Å². The third-order valence-electron chi connectivity index (χ3n) is 6.40. The average molecular weight is 450 g/mol. The summed E-state index contributed by atoms with van der Waals surface area (Å²) >= 11 is 0. The van der Waals surface area contributed by atoms with E-state index in [-0.39, 0.29) is 29.0 Å². The highest BCUT2D eigenvalue weighted by molar-refractivity contribution is 6.27. The summed E-state index contributed by atoms with van der Waals surface area (Å²) in [6, 6.07) is 10.7. The van der Waals surface area contributed by atoms with Gasteiger partial charge < -0.3 is 23.9 Å². The number of benzene rings is 2. The van der Waals surface area contributed by atoms with Crippen molar-refractivity contribution in [3.05, 3.63) is 57.9 Å². The van der Waals surface area contributed by atoms with Gasteiger partial charge in [0.15, 0.2) is 17.3 Å². The molecular weight excluding hydrogens is 424 g/mol. The molecule has 1 aliphatic heterocycles. The molecule has 1 N–H and O–H groups in total. The predicted octanol–water partition coefficient (Wildman–Crippen LogP) is 1.92. The highest BCUT2D eigenvalue weighted by Crippen LogP contribution is 2.43. The van der Waals surface area contributed by atoms with Crippen LogP contribution >= 0.6 is 0 Å². The number of methoxy groups -OCH3 is 2. The summed E-state index contributed by atoms with van der Waals surface area (Å²) in [5.74, 6) is 0.544. The summed E-state index contributed by atoms with van der Waals surface area (Å²) in [5.41, 5.74) is 1.91. The Morgan fingerprint density at radius 2 is 1.73 bits per heavy atom. The van der Waals surface area contributed by atoms with Crippen LogP contribution in [0.25, 0.3) is 22.0 Å². The maximum Gasteiger partial charge on any atom is 0.262 e. The normalized spacial score (nSPS) is 16.5. The lowest BCUT2D eigenvalue weighted by Gasteiger charge is -2.29. The number of ketones is 1. The number of hydrogen-bond acceptors (Lipinski definition) is 7. The van der Waals surface area contributed by atoms with Crippen molar-refractivity contribution in [2.75, 3.05) is 47.1 Å². The lowest BCUT2D eigenvalue weighted by molar-refractivity contribution is 0.0114. The molecule has 1 saturated heterocycles. The average Bonchev–Trinajstić information content (AvgIpc) is 3.14. The fourth-order valence-corrected chi connectivity index (χ4v) is 4.90. The van der Waals surface area contributed by atoms with Gasteiger partial charge in [0.1, 0.15) is 0 Å². The van der Waals surface area contributed by atoms with E-state index in [9.17, 15) is 14.7 Å². The van der Waals surface area contributed by atoms with E-state index >= 15 is 0 Å². The smallest absolute Gasteiger partial charge is 0.262 e. The van der Waals surface area contributed by atoms with Gasteiger partial charge in [0.25, 0.3) is 5.56 Å². The number of fused-ring (bicyclic) bond motifs is 5. The van der Waals surface area contributed by atoms with Gasteiger partial charge in [0.2, 0.25) is 0 Å².